The molecular weight excluding hydrogens is 310 g/mol. The number of aliphatic hydroxyl groups excluding tert-OH is 1. The van der Waals surface area contributed by atoms with Crippen molar-refractivity contribution < 1.29 is 9.84 Å². The van der Waals surface area contributed by atoms with E-state index in [0.29, 0.717) is 23.9 Å². The molecule has 3 nitrogen and oxygen atoms in total. The van der Waals surface area contributed by atoms with Crippen LogP contribution in [0.3, 0.4) is 0 Å². The summed E-state index contributed by atoms with van der Waals surface area (Å²) in [6, 6.07) is 15.8. The third kappa shape index (κ3) is 5.24. The minimum Gasteiger partial charge on any atom is -0.492 e. The highest BCUT2D eigenvalue weighted by atomic mass is 35.5. The predicted octanol–water partition coefficient (Wildman–Crippen LogP) is 4.29. The molecule has 0 saturated carbocycles. The molecule has 124 valence electrons. The molecule has 2 aromatic carbocycles. The first-order valence-electron chi connectivity index (χ1n) is 8.00. The highest BCUT2D eigenvalue weighted by molar-refractivity contribution is 6.32. The van der Waals surface area contributed by atoms with Gasteiger partial charge in [0.05, 0.1) is 17.7 Å². The molecule has 1 unspecified atom stereocenters. The Morgan fingerprint density at radius 2 is 1.87 bits per heavy atom. The summed E-state index contributed by atoms with van der Waals surface area (Å²) in [5, 5.41) is 11.0. The van der Waals surface area contributed by atoms with Gasteiger partial charge in [-0.25, -0.2) is 0 Å². The second kappa shape index (κ2) is 8.92. The molecule has 4 heteroatoms. The number of halogens is 1. The van der Waals surface area contributed by atoms with Crippen molar-refractivity contribution in [3.8, 4) is 5.75 Å². The number of aliphatic hydroxyl groups is 1. The Bertz CT molecular complexity index is 604. The Balaban J connectivity index is 2.01. The van der Waals surface area contributed by atoms with Crippen molar-refractivity contribution in [1.82, 2.24) is 4.90 Å². The normalized spacial score (nSPS) is 12.4. The lowest BCUT2D eigenvalue weighted by atomic mass is 10.1. The zero-order valence-corrected chi connectivity index (χ0v) is 14.5. The SMILES string of the molecule is CCOc1ccc(C(O)CN(CC)Cc2ccccc2)cc1Cl. The molecule has 0 amide bonds. The molecular formula is C19H24ClNO2. The first-order valence-corrected chi connectivity index (χ1v) is 8.38. The maximum absolute atomic E-state index is 10.5. The van der Waals surface area contributed by atoms with Crippen molar-refractivity contribution in [1.29, 1.82) is 0 Å². The van der Waals surface area contributed by atoms with Crippen LogP contribution in [0, 0.1) is 0 Å². The van der Waals surface area contributed by atoms with Crippen LogP contribution < -0.4 is 4.74 Å². The molecule has 0 heterocycles. The van der Waals surface area contributed by atoms with E-state index in [1.807, 2.05) is 37.3 Å². The lowest BCUT2D eigenvalue weighted by molar-refractivity contribution is 0.112. The van der Waals surface area contributed by atoms with Crippen molar-refractivity contribution in [2.24, 2.45) is 0 Å². The van der Waals surface area contributed by atoms with E-state index in [1.165, 1.54) is 5.56 Å². The summed E-state index contributed by atoms with van der Waals surface area (Å²) in [4.78, 5) is 2.21. The first-order chi connectivity index (χ1) is 11.1. The molecule has 0 radical (unpaired) electrons. The number of hydrogen-bond donors (Lipinski definition) is 1. The van der Waals surface area contributed by atoms with Crippen molar-refractivity contribution in [3.63, 3.8) is 0 Å². The summed E-state index contributed by atoms with van der Waals surface area (Å²) in [6.45, 7) is 6.84. The van der Waals surface area contributed by atoms with Gasteiger partial charge in [-0.15, -0.1) is 0 Å². The van der Waals surface area contributed by atoms with Gasteiger partial charge in [-0.05, 0) is 36.7 Å². The number of ether oxygens (including phenoxy) is 1. The zero-order valence-electron chi connectivity index (χ0n) is 13.7. The quantitative estimate of drug-likeness (QED) is 0.782. The molecule has 2 aromatic rings. The summed E-state index contributed by atoms with van der Waals surface area (Å²) in [6.07, 6.45) is -0.577. The van der Waals surface area contributed by atoms with Gasteiger partial charge in [0.15, 0.2) is 0 Å². The average molecular weight is 334 g/mol. The fourth-order valence-corrected chi connectivity index (χ4v) is 2.74. The van der Waals surface area contributed by atoms with Gasteiger partial charge < -0.3 is 9.84 Å². The van der Waals surface area contributed by atoms with Gasteiger partial charge in [-0.3, -0.25) is 4.90 Å². The topological polar surface area (TPSA) is 32.7 Å². The Hall–Kier alpha value is -1.55. The van der Waals surface area contributed by atoms with Crippen LogP contribution in [0.1, 0.15) is 31.1 Å². The van der Waals surface area contributed by atoms with Crippen molar-refractivity contribution in [2.45, 2.75) is 26.5 Å². The Morgan fingerprint density at radius 1 is 1.13 bits per heavy atom. The molecule has 0 aliphatic rings. The lowest BCUT2D eigenvalue weighted by Crippen LogP contribution is -2.28. The van der Waals surface area contributed by atoms with Gasteiger partial charge in [-0.1, -0.05) is 54.9 Å². The highest BCUT2D eigenvalue weighted by Crippen LogP contribution is 2.28. The number of likely N-dealkylation sites (N-methyl/N-ethyl adjacent to an activating group) is 1. The minimum atomic E-state index is -0.577. The number of benzene rings is 2. The van der Waals surface area contributed by atoms with Crippen molar-refractivity contribution in [3.05, 3.63) is 64.7 Å². The molecule has 0 saturated heterocycles. The molecule has 2 rings (SSSR count). The van der Waals surface area contributed by atoms with E-state index < -0.39 is 6.10 Å². The van der Waals surface area contributed by atoms with Crippen LogP contribution in [0.25, 0.3) is 0 Å². The second-order valence-electron chi connectivity index (χ2n) is 5.45. The summed E-state index contributed by atoms with van der Waals surface area (Å²) in [5.41, 5.74) is 2.05. The fraction of sp³-hybridized carbons (Fsp3) is 0.368. The van der Waals surface area contributed by atoms with Crippen LogP contribution in [-0.2, 0) is 6.54 Å². The number of hydrogen-bond acceptors (Lipinski definition) is 3. The van der Waals surface area contributed by atoms with Gasteiger partial charge in [0.25, 0.3) is 0 Å². The molecule has 0 bridgehead atoms. The molecule has 1 N–H and O–H groups in total. The second-order valence-corrected chi connectivity index (χ2v) is 5.86. The Morgan fingerprint density at radius 3 is 2.48 bits per heavy atom. The fourth-order valence-electron chi connectivity index (χ4n) is 2.49. The standard InChI is InChI=1S/C19H24ClNO2/c1-3-21(13-15-8-6-5-7-9-15)14-18(22)16-10-11-19(23-4-2)17(20)12-16/h5-12,18,22H,3-4,13-14H2,1-2H3. The summed E-state index contributed by atoms with van der Waals surface area (Å²) in [5.74, 6) is 0.654. The molecule has 0 fully saturated rings. The zero-order chi connectivity index (χ0) is 16.7. The third-order valence-corrected chi connectivity index (χ3v) is 4.06. The van der Waals surface area contributed by atoms with E-state index in [9.17, 15) is 5.11 Å². The van der Waals surface area contributed by atoms with E-state index in [4.69, 9.17) is 16.3 Å². The van der Waals surface area contributed by atoms with E-state index >= 15 is 0 Å². The van der Waals surface area contributed by atoms with Crippen LogP contribution in [0.2, 0.25) is 5.02 Å². The van der Waals surface area contributed by atoms with Crippen LogP contribution in [0.4, 0.5) is 0 Å². The smallest absolute Gasteiger partial charge is 0.137 e. The monoisotopic (exact) mass is 333 g/mol. The highest BCUT2D eigenvalue weighted by Gasteiger charge is 2.14. The maximum atomic E-state index is 10.5. The van der Waals surface area contributed by atoms with E-state index in [2.05, 4.69) is 24.0 Å². The molecule has 0 aromatic heterocycles. The first kappa shape index (κ1) is 17.8. The van der Waals surface area contributed by atoms with Crippen LogP contribution in [0.5, 0.6) is 5.75 Å². The molecule has 0 aliphatic heterocycles. The minimum absolute atomic E-state index is 0.537. The van der Waals surface area contributed by atoms with Crippen molar-refractivity contribution >= 4 is 11.6 Å². The van der Waals surface area contributed by atoms with Gasteiger partial charge >= 0.3 is 0 Å². The maximum Gasteiger partial charge on any atom is 0.137 e. The van der Waals surface area contributed by atoms with Crippen molar-refractivity contribution in [2.75, 3.05) is 19.7 Å². The van der Waals surface area contributed by atoms with Gasteiger partial charge in [0.2, 0.25) is 0 Å². The predicted molar refractivity (Wildman–Crippen MR) is 95.0 cm³/mol. The molecule has 23 heavy (non-hydrogen) atoms. The van der Waals surface area contributed by atoms with E-state index in [0.717, 1.165) is 18.7 Å². The van der Waals surface area contributed by atoms with E-state index in [-0.39, 0.29) is 0 Å². The molecule has 0 aliphatic carbocycles. The summed E-state index contributed by atoms with van der Waals surface area (Å²) >= 11 is 6.20. The summed E-state index contributed by atoms with van der Waals surface area (Å²) < 4.78 is 5.43. The Labute approximate surface area is 143 Å². The van der Waals surface area contributed by atoms with Gasteiger partial charge in [-0.2, -0.15) is 0 Å². The third-order valence-electron chi connectivity index (χ3n) is 3.77. The van der Waals surface area contributed by atoms with Gasteiger partial charge in [0, 0.05) is 13.1 Å². The number of nitrogens with zero attached hydrogens (tertiary/aromatic N) is 1. The largest absolute Gasteiger partial charge is 0.492 e. The van der Waals surface area contributed by atoms with E-state index in [1.54, 1.807) is 6.07 Å². The average Bonchev–Trinajstić information content (AvgIpc) is 2.57. The molecule has 1 atom stereocenters. The molecule has 0 spiro atoms. The summed E-state index contributed by atoms with van der Waals surface area (Å²) in [7, 11) is 0. The van der Waals surface area contributed by atoms with Crippen LogP contribution in [-0.4, -0.2) is 29.7 Å². The van der Waals surface area contributed by atoms with Crippen LogP contribution >= 0.6 is 11.6 Å². The number of rotatable bonds is 8. The van der Waals surface area contributed by atoms with Crippen LogP contribution in [0.15, 0.2) is 48.5 Å². The Kier molecular flexibility index (Phi) is 6.90. The lowest BCUT2D eigenvalue weighted by Gasteiger charge is -2.24. The van der Waals surface area contributed by atoms with Gasteiger partial charge in [0.1, 0.15) is 5.75 Å².